The smallest absolute Gasteiger partial charge is 0.238 e. The molecule has 8 heteroatoms. The molecule has 2 heterocycles. The molecule has 22 heavy (non-hydrogen) atoms. The predicted molar refractivity (Wildman–Crippen MR) is 81.8 cm³/mol. The van der Waals surface area contributed by atoms with E-state index >= 15 is 0 Å². The van der Waals surface area contributed by atoms with Crippen molar-refractivity contribution in [1.82, 2.24) is 19.1 Å². The lowest BCUT2D eigenvalue weighted by Crippen LogP contribution is -2.12. The molecule has 2 N–H and O–H groups in total. The van der Waals surface area contributed by atoms with Gasteiger partial charge in [-0.2, -0.15) is 0 Å². The second kappa shape index (κ2) is 5.39. The van der Waals surface area contributed by atoms with Crippen LogP contribution in [-0.4, -0.2) is 27.5 Å². The Morgan fingerprint density at radius 1 is 1.05 bits per heavy atom. The Morgan fingerprint density at radius 3 is 2.32 bits per heavy atom. The van der Waals surface area contributed by atoms with E-state index in [1.807, 2.05) is 22.3 Å². The van der Waals surface area contributed by atoms with Crippen molar-refractivity contribution in [3.8, 4) is 17.3 Å². The molecule has 0 aliphatic rings. The van der Waals surface area contributed by atoms with Crippen LogP contribution in [0.25, 0.3) is 17.3 Å². The molecule has 0 aliphatic carbocycles. The van der Waals surface area contributed by atoms with Crippen LogP contribution in [0, 0.1) is 0 Å². The average molecular weight is 317 g/mol. The second-order valence-electron chi connectivity index (χ2n) is 4.70. The Bertz CT molecular complexity index is 893. The quantitative estimate of drug-likeness (QED) is 0.786. The molecule has 1 aromatic carbocycles. The van der Waals surface area contributed by atoms with E-state index in [9.17, 15) is 8.42 Å². The van der Waals surface area contributed by atoms with E-state index in [2.05, 4.69) is 9.97 Å². The van der Waals surface area contributed by atoms with Crippen molar-refractivity contribution in [1.29, 1.82) is 0 Å². The Labute approximate surface area is 128 Å². The second-order valence-corrected chi connectivity index (χ2v) is 6.26. The molecule has 2 aromatic heterocycles. The van der Waals surface area contributed by atoms with Crippen LogP contribution in [0.4, 0.5) is 0 Å². The standard InChI is InChI=1S/C14H15N5O2S/c1-2-18-9-7-16-13(18)14-17-8-10-19(14)11-3-5-12(6-4-11)22(15,20)21/h3-10H,2H2,1H3,(H2,15,20,21). The fourth-order valence-corrected chi connectivity index (χ4v) is 2.76. The van der Waals surface area contributed by atoms with Crippen LogP contribution in [0.2, 0.25) is 0 Å². The summed E-state index contributed by atoms with van der Waals surface area (Å²) < 4.78 is 26.5. The normalized spacial score (nSPS) is 11.7. The van der Waals surface area contributed by atoms with E-state index < -0.39 is 10.0 Å². The van der Waals surface area contributed by atoms with E-state index in [0.29, 0.717) is 5.82 Å². The highest BCUT2D eigenvalue weighted by molar-refractivity contribution is 7.89. The molecule has 0 bridgehead atoms. The maximum absolute atomic E-state index is 11.3. The lowest BCUT2D eigenvalue weighted by Gasteiger charge is -2.09. The summed E-state index contributed by atoms with van der Waals surface area (Å²) in [5.74, 6) is 1.44. The fourth-order valence-electron chi connectivity index (χ4n) is 2.24. The van der Waals surface area contributed by atoms with Crippen LogP contribution in [0.3, 0.4) is 0 Å². The summed E-state index contributed by atoms with van der Waals surface area (Å²) in [4.78, 5) is 8.76. The Hall–Kier alpha value is -2.45. The summed E-state index contributed by atoms with van der Waals surface area (Å²) >= 11 is 0. The van der Waals surface area contributed by atoms with Crippen LogP contribution < -0.4 is 5.14 Å². The van der Waals surface area contributed by atoms with Crippen molar-refractivity contribution in [2.24, 2.45) is 5.14 Å². The zero-order valence-electron chi connectivity index (χ0n) is 11.9. The number of nitrogens with zero attached hydrogens (tertiary/aromatic N) is 4. The Kier molecular flexibility index (Phi) is 3.55. The number of imidazole rings is 2. The summed E-state index contributed by atoms with van der Waals surface area (Å²) in [5, 5.41) is 5.11. The number of sulfonamides is 1. The van der Waals surface area contributed by atoms with Gasteiger partial charge in [-0.3, -0.25) is 4.57 Å². The number of benzene rings is 1. The molecule has 0 spiro atoms. The minimum absolute atomic E-state index is 0.0768. The van der Waals surface area contributed by atoms with Gasteiger partial charge in [0.15, 0.2) is 11.6 Å². The summed E-state index contributed by atoms with van der Waals surface area (Å²) in [6.45, 7) is 2.81. The average Bonchev–Trinajstić information content (AvgIpc) is 3.14. The molecular weight excluding hydrogens is 302 g/mol. The molecule has 0 saturated heterocycles. The first-order valence-corrected chi connectivity index (χ1v) is 8.23. The van der Waals surface area contributed by atoms with E-state index in [4.69, 9.17) is 5.14 Å². The van der Waals surface area contributed by atoms with Gasteiger partial charge in [0.1, 0.15) is 0 Å². The lowest BCUT2D eigenvalue weighted by atomic mass is 10.3. The van der Waals surface area contributed by atoms with Gasteiger partial charge in [-0.15, -0.1) is 0 Å². The van der Waals surface area contributed by atoms with Crippen molar-refractivity contribution >= 4 is 10.0 Å². The third kappa shape index (κ3) is 2.53. The van der Waals surface area contributed by atoms with Crippen molar-refractivity contribution in [2.75, 3.05) is 0 Å². The molecule has 0 amide bonds. The van der Waals surface area contributed by atoms with Gasteiger partial charge in [0, 0.05) is 37.0 Å². The minimum Gasteiger partial charge on any atom is -0.329 e. The molecular formula is C14H15N5O2S. The molecule has 0 fully saturated rings. The van der Waals surface area contributed by atoms with Gasteiger partial charge in [-0.1, -0.05) is 0 Å². The van der Waals surface area contributed by atoms with Gasteiger partial charge in [-0.05, 0) is 31.2 Å². The SMILES string of the molecule is CCn1ccnc1-c1nccn1-c1ccc(S(N)(=O)=O)cc1. The highest BCUT2D eigenvalue weighted by Gasteiger charge is 2.13. The van der Waals surface area contributed by atoms with Crippen LogP contribution >= 0.6 is 0 Å². The van der Waals surface area contributed by atoms with Gasteiger partial charge in [0.2, 0.25) is 10.0 Å². The highest BCUT2D eigenvalue weighted by atomic mass is 32.2. The summed E-state index contributed by atoms with van der Waals surface area (Å²) in [5.41, 5.74) is 0.783. The first-order valence-electron chi connectivity index (χ1n) is 6.69. The van der Waals surface area contributed by atoms with Crippen molar-refractivity contribution in [3.05, 3.63) is 49.1 Å². The largest absolute Gasteiger partial charge is 0.329 e. The monoisotopic (exact) mass is 317 g/mol. The van der Waals surface area contributed by atoms with E-state index in [0.717, 1.165) is 18.1 Å². The number of aryl methyl sites for hydroxylation is 1. The lowest BCUT2D eigenvalue weighted by molar-refractivity contribution is 0.598. The third-order valence-corrected chi connectivity index (χ3v) is 4.27. The van der Waals surface area contributed by atoms with E-state index in [-0.39, 0.29) is 4.90 Å². The maximum Gasteiger partial charge on any atom is 0.238 e. The van der Waals surface area contributed by atoms with E-state index in [1.54, 1.807) is 30.7 Å². The molecule has 114 valence electrons. The molecule has 7 nitrogen and oxygen atoms in total. The van der Waals surface area contributed by atoms with Crippen LogP contribution in [0.1, 0.15) is 6.92 Å². The number of nitrogens with two attached hydrogens (primary N) is 1. The number of aromatic nitrogens is 4. The van der Waals surface area contributed by atoms with Gasteiger partial charge in [0.25, 0.3) is 0 Å². The van der Waals surface area contributed by atoms with Crippen molar-refractivity contribution < 1.29 is 8.42 Å². The van der Waals surface area contributed by atoms with Crippen molar-refractivity contribution in [3.63, 3.8) is 0 Å². The first-order chi connectivity index (χ1) is 10.5. The summed E-state index contributed by atoms with van der Waals surface area (Å²) in [6.07, 6.45) is 7.09. The zero-order valence-corrected chi connectivity index (χ0v) is 12.7. The maximum atomic E-state index is 11.3. The van der Waals surface area contributed by atoms with E-state index in [1.165, 1.54) is 12.1 Å². The summed E-state index contributed by atoms with van der Waals surface area (Å²) in [6, 6.07) is 6.32. The number of hydrogen-bond acceptors (Lipinski definition) is 4. The van der Waals surface area contributed by atoms with Crippen molar-refractivity contribution in [2.45, 2.75) is 18.4 Å². The Balaban J connectivity index is 2.06. The highest BCUT2D eigenvalue weighted by Crippen LogP contribution is 2.21. The van der Waals surface area contributed by atoms with Gasteiger partial charge in [0.05, 0.1) is 4.90 Å². The van der Waals surface area contributed by atoms with Gasteiger partial charge >= 0.3 is 0 Å². The number of primary sulfonamides is 1. The molecule has 0 aliphatic heterocycles. The molecule has 0 atom stereocenters. The molecule has 0 radical (unpaired) electrons. The number of hydrogen-bond donors (Lipinski definition) is 1. The predicted octanol–water partition coefficient (Wildman–Crippen LogP) is 1.40. The first kappa shape index (κ1) is 14.5. The molecule has 3 aromatic rings. The zero-order chi connectivity index (χ0) is 15.7. The molecule has 3 rings (SSSR count). The Morgan fingerprint density at radius 2 is 1.68 bits per heavy atom. The van der Waals surface area contributed by atoms with Crippen LogP contribution in [-0.2, 0) is 16.6 Å². The van der Waals surface area contributed by atoms with Crippen LogP contribution in [0.5, 0.6) is 0 Å². The minimum atomic E-state index is -3.69. The van der Waals surface area contributed by atoms with Gasteiger partial charge < -0.3 is 4.57 Å². The fraction of sp³-hybridized carbons (Fsp3) is 0.143. The topological polar surface area (TPSA) is 95.8 Å². The third-order valence-electron chi connectivity index (χ3n) is 3.34. The molecule has 0 saturated carbocycles. The number of rotatable bonds is 4. The van der Waals surface area contributed by atoms with Crippen LogP contribution in [0.15, 0.2) is 53.9 Å². The summed E-state index contributed by atoms with van der Waals surface area (Å²) in [7, 11) is -3.69. The molecule has 0 unspecified atom stereocenters. The van der Waals surface area contributed by atoms with Gasteiger partial charge in [-0.25, -0.2) is 23.5 Å².